The summed E-state index contributed by atoms with van der Waals surface area (Å²) >= 11 is 0. The van der Waals surface area contributed by atoms with Crippen molar-refractivity contribution in [1.29, 1.82) is 0 Å². The Morgan fingerprint density at radius 1 is 1.39 bits per heavy atom. The summed E-state index contributed by atoms with van der Waals surface area (Å²) in [6.07, 6.45) is 2.07. The van der Waals surface area contributed by atoms with Gasteiger partial charge in [-0.25, -0.2) is 0 Å². The Balaban J connectivity index is 2.01. The molecule has 2 aromatic rings. The molecule has 1 unspecified atom stereocenters. The number of aryl methyl sites for hydroxylation is 1. The predicted octanol–water partition coefficient (Wildman–Crippen LogP) is 1.28. The number of aromatic nitrogens is 4. The topological polar surface area (TPSA) is 77.0 Å². The largest absolute Gasteiger partial charge is 0.386 e. The molecule has 18 heavy (non-hydrogen) atoms. The summed E-state index contributed by atoms with van der Waals surface area (Å²) in [5.74, 6) is 1.63. The molecular weight excluding hydrogens is 232 g/mol. The van der Waals surface area contributed by atoms with Gasteiger partial charge in [0.05, 0.1) is 12.1 Å². The second-order valence-corrected chi connectivity index (χ2v) is 4.80. The Morgan fingerprint density at radius 3 is 2.78 bits per heavy atom. The van der Waals surface area contributed by atoms with E-state index >= 15 is 0 Å². The monoisotopic (exact) mass is 250 g/mol. The van der Waals surface area contributed by atoms with Gasteiger partial charge in [0, 0.05) is 19.7 Å². The lowest BCUT2D eigenvalue weighted by Crippen LogP contribution is -2.08. The molecule has 0 bridgehead atoms. The first-order chi connectivity index (χ1) is 8.56. The molecule has 98 valence electrons. The molecule has 0 aliphatic carbocycles. The standard InChI is InChI=1S/C12H18N4O2/c1-8(2)6-11-14-12(18-15-11)7-10(17)9-4-5-13-16(9)3/h4-5,8,10,17H,6-7H2,1-3H3. The number of hydrogen-bond acceptors (Lipinski definition) is 5. The molecular formula is C12H18N4O2. The maximum Gasteiger partial charge on any atom is 0.229 e. The first-order valence-electron chi connectivity index (χ1n) is 6.03. The highest BCUT2D eigenvalue weighted by Gasteiger charge is 2.16. The zero-order chi connectivity index (χ0) is 13.1. The molecule has 0 saturated heterocycles. The summed E-state index contributed by atoms with van der Waals surface area (Å²) in [5.41, 5.74) is 0.735. The number of aliphatic hydroxyl groups is 1. The van der Waals surface area contributed by atoms with Crippen LogP contribution >= 0.6 is 0 Å². The molecule has 0 saturated carbocycles. The summed E-state index contributed by atoms with van der Waals surface area (Å²) in [6.45, 7) is 4.20. The van der Waals surface area contributed by atoms with Crippen LogP contribution in [-0.4, -0.2) is 25.0 Å². The van der Waals surface area contributed by atoms with Gasteiger partial charge in [-0.2, -0.15) is 10.1 Å². The van der Waals surface area contributed by atoms with Crippen LogP contribution < -0.4 is 0 Å². The molecule has 0 spiro atoms. The molecule has 0 aliphatic heterocycles. The van der Waals surface area contributed by atoms with Gasteiger partial charge in [0.25, 0.3) is 0 Å². The average molecular weight is 250 g/mol. The molecule has 1 N–H and O–H groups in total. The van der Waals surface area contributed by atoms with Crippen molar-refractivity contribution in [1.82, 2.24) is 19.9 Å². The van der Waals surface area contributed by atoms with E-state index in [1.165, 1.54) is 0 Å². The Labute approximate surface area is 106 Å². The van der Waals surface area contributed by atoms with Crippen molar-refractivity contribution < 1.29 is 9.63 Å². The van der Waals surface area contributed by atoms with Crippen LogP contribution in [0.1, 0.15) is 37.4 Å². The lowest BCUT2D eigenvalue weighted by molar-refractivity contribution is 0.155. The third kappa shape index (κ3) is 2.95. The SMILES string of the molecule is CC(C)Cc1noc(CC(O)c2ccnn2C)n1. The lowest BCUT2D eigenvalue weighted by Gasteiger charge is -2.07. The Morgan fingerprint density at radius 2 is 2.17 bits per heavy atom. The van der Waals surface area contributed by atoms with Crippen LogP contribution in [0.3, 0.4) is 0 Å². The molecule has 0 aromatic carbocycles. The van der Waals surface area contributed by atoms with Crippen LogP contribution in [0.4, 0.5) is 0 Å². The second kappa shape index (κ2) is 5.30. The van der Waals surface area contributed by atoms with Crippen molar-refractivity contribution in [3.8, 4) is 0 Å². The first-order valence-corrected chi connectivity index (χ1v) is 6.03. The molecule has 2 heterocycles. The lowest BCUT2D eigenvalue weighted by atomic mass is 10.1. The van der Waals surface area contributed by atoms with Gasteiger partial charge in [0.1, 0.15) is 6.10 Å². The van der Waals surface area contributed by atoms with Crippen molar-refractivity contribution in [2.75, 3.05) is 0 Å². The van der Waals surface area contributed by atoms with Crippen molar-refractivity contribution in [2.24, 2.45) is 13.0 Å². The van der Waals surface area contributed by atoms with E-state index in [4.69, 9.17) is 4.52 Å². The van der Waals surface area contributed by atoms with Gasteiger partial charge in [-0.1, -0.05) is 19.0 Å². The second-order valence-electron chi connectivity index (χ2n) is 4.80. The van der Waals surface area contributed by atoms with E-state index in [1.54, 1.807) is 24.0 Å². The maximum absolute atomic E-state index is 10.0. The Kier molecular flexibility index (Phi) is 3.76. The fourth-order valence-electron chi connectivity index (χ4n) is 1.80. The van der Waals surface area contributed by atoms with Crippen molar-refractivity contribution >= 4 is 0 Å². The minimum Gasteiger partial charge on any atom is -0.386 e. The molecule has 0 aliphatic rings. The molecule has 6 heteroatoms. The van der Waals surface area contributed by atoms with Crippen molar-refractivity contribution in [2.45, 2.75) is 32.8 Å². The number of rotatable bonds is 5. The number of hydrogen-bond donors (Lipinski definition) is 1. The molecule has 0 amide bonds. The van der Waals surface area contributed by atoms with Crippen molar-refractivity contribution in [3.63, 3.8) is 0 Å². The molecule has 2 rings (SSSR count). The van der Waals surface area contributed by atoms with E-state index in [9.17, 15) is 5.11 Å². The Bertz CT molecular complexity index is 504. The summed E-state index contributed by atoms with van der Waals surface area (Å²) in [5, 5.41) is 18.0. The Hall–Kier alpha value is -1.69. The van der Waals surface area contributed by atoms with Gasteiger partial charge in [-0.15, -0.1) is 0 Å². The molecule has 1 atom stereocenters. The van der Waals surface area contributed by atoms with Gasteiger partial charge in [-0.05, 0) is 12.0 Å². The third-order valence-electron chi connectivity index (χ3n) is 2.67. The normalized spacial score (nSPS) is 13.2. The summed E-state index contributed by atoms with van der Waals surface area (Å²) in [4.78, 5) is 4.26. The van der Waals surface area contributed by atoms with Crippen LogP contribution in [0.15, 0.2) is 16.8 Å². The predicted molar refractivity (Wildman–Crippen MR) is 64.7 cm³/mol. The minimum absolute atomic E-state index is 0.310. The van der Waals surface area contributed by atoms with E-state index in [1.807, 2.05) is 0 Å². The highest BCUT2D eigenvalue weighted by molar-refractivity contribution is 5.06. The van der Waals surface area contributed by atoms with Crippen LogP contribution in [0, 0.1) is 5.92 Å². The van der Waals surface area contributed by atoms with E-state index in [-0.39, 0.29) is 0 Å². The summed E-state index contributed by atoms with van der Waals surface area (Å²) in [6, 6.07) is 1.77. The van der Waals surface area contributed by atoms with Crippen LogP contribution in [0.2, 0.25) is 0 Å². The van der Waals surface area contributed by atoms with Crippen LogP contribution in [0.25, 0.3) is 0 Å². The van der Waals surface area contributed by atoms with E-state index < -0.39 is 6.10 Å². The number of aliphatic hydroxyl groups excluding tert-OH is 1. The van der Waals surface area contributed by atoms with E-state index in [2.05, 4.69) is 29.1 Å². The summed E-state index contributed by atoms with van der Waals surface area (Å²) < 4.78 is 6.76. The minimum atomic E-state index is -0.676. The molecule has 2 aromatic heterocycles. The highest BCUT2D eigenvalue weighted by Crippen LogP contribution is 2.16. The van der Waals surface area contributed by atoms with Gasteiger partial charge in [-0.3, -0.25) is 4.68 Å². The van der Waals surface area contributed by atoms with E-state index in [0.717, 1.165) is 12.1 Å². The fourth-order valence-corrected chi connectivity index (χ4v) is 1.80. The number of nitrogens with zero attached hydrogens (tertiary/aromatic N) is 4. The van der Waals surface area contributed by atoms with Crippen LogP contribution in [0.5, 0.6) is 0 Å². The molecule has 0 fully saturated rings. The zero-order valence-electron chi connectivity index (χ0n) is 10.9. The highest BCUT2D eigenvalue weighted by atomic mass is 16.5. The van der Waals surface area contributed by atoms with E-state index in [0.29, 0.717) is 24.1 Å². The third-order valence-corrected chi connectivity index (χ3v) is 2.67. The summed E-state index contributed by atoms with van der Waals surface area (Å²) in [7, 11) is 1.79. The maximum atomic E-state index is 10.0. The van der Waals surface area contributed by atoms with Crippen molar-refractivity contribution in [3.05, 3.63) is 29.7 Å². The molecule has 6 nitrogen and oxygen atoms in total. The van der Waals surface area contributed by atoms with Gasteiger partial charge >= 0.3 is 0 Å². The van der Waals surface area contributed by atoms with Crippen LogP contribution in [-0.2, 0) is 19.9 Å². The molecule has 0 radical (unpaired) electrons. The van der Waals surface area contributed by atoms with Gasteiger partial charge in [0.2, 0.25) is 5.89 Å². The smallest absolute Gasteiger partial charge is 0.229 e. The average Bonchev–Trinajstić information content (AvgIpc) is 2.87. The fraction of sp³-hybridized carbons (Fsp3) is 0.583. The van der Waals surface area contributed by atoms with Gasteiger partial charge < -0.3 is 9.63 Å². The first kappa shape index (κ1) is 12.8. The zero-order valence-corrected chi connectivity index (χ0v) is 10.9. The van der Waals surface area contributed by atoms with Gasteiger partial charge in [0.15, 0.2) is 5.82 Å². The quantitative estimate of drug-likeness (QED) is 0.865.